The van der Waals surface area contributed by atoms with Crippen LogP contribution in [0.4, 0.5) is 4.39 Å². The minimum atomic E-state index is -0.411. The van der Waals surface area contributed by atoms with E-state index >= 15 is 0 Å². The van der Waals surface area contributed by atoms with Crippen LogP contribution in [0.25, 0.3) is 0 Å². The molecule has 0 saturated heterocycles. The Labute approximate surface area is 88.1 Å². The fourth-order valence-electron chi connectivity index (χ4n) is 1.79. The van der Waals surface area contributed by atoms with Gasteiger partial charge in [0.05, 0.1) is 5.56 Å². The Morgan fingerprint density at radius 3 is 2.87 bits per heavy atom. The Bertz CT molecular complexity index is 412. The number of ketones is 1. The lowest BCUT2D eigenvalue weighted by Crippen LogP contribution is -2.19. The molecule has 0 spiro atoms. The van der Waals surface area contributed by atoms with Crippen LogP contribution in [0, 0.1) is 12.7 Å². The van der Waals surface area contributed by atoms with Crippen molar-refractivity contribution in [1.29, 1.82) is 0 Å². The highest BCUT2D eigenvalue weighted by Crippen LogP contribution is 2.32. The summed E-state index contributed by atoms with van der Waals surface area (Å²) in [6.45, 7) is 3.64. The lowest BCUT2D eigenvalue weighted by Gasteiger charge is -2.06. The predicted octanol–water partition coefficient (Wildman–Crippen LogP) is 2.88. The number of hydrogen-bond acceptors (Lipinski definition) is 2. The standard InChI is InChI=1S/C12H13FO2/c1-3-4-10-12(14)8-5-7(2)9(13)6-11(8)15-10/h5-6,10H,3-4H2,1-2H3. The molecule has 15 heavy (non-hydrogen) atoms. The summed E-state index contributed by atoms with van der Waals surface area (Å²) in [6.07, 6.45) is 1.16. The average Bonchev–Trinajstić information content (AvgIpc) is 2.47. The predicted molar refractivity (Wildman–Crippen MR) is 54.8 cm³/mol. The second-order valence-corrected chi connectivity index (χ2v) is 3.86. The third kappa shape index (κ3) is 1.62. The first-order chi connectivity index (χ1) is 7.13. The van der Waals surface area contributed by atoms with Crippen LogP contribution in [-0.2, 0) is 0 Å². The van der Waals surface area contributed by atoms with E-state index in [0.717, 1.165) is 6.42 Å². The molecule has 1 heterocycles. The summed E-state index contributed by atoms with van der Waals surface area (Å²) in [6, 6.07) is 2.88. The highest BCUT2D eigenvalue weighted by Gasteiger charge is 2.32. The van der Waals surface area contributed by atoms with Crippen LogP contribution in [0.2, 0.25) is 0 Å². The van der Waals surface area contributed by atoms with E-state index in [4.69, 9.17) is 4.74 Å². The Kier molecular flexibility index (Phi) is 2.47. The fraction of sp³-hybridized carbons (Fsp3) is 0.417. The summed E-state index contributed by atoms with van der Waals surface area (Å²) in [5.74, 6) is 0.0511. The molecule has 0 N–H and O–H groups in total. The zero-order chi connectivity index (χ0) is 11.0. The quantitative estimate of drug-likeness (QED) is 0.747. The molecule has 80 valence electrons. The second-order valence-electron chi connectivity index (χ2n) is 3.86. The lowest BCUT2D eigenvalue weighted by atomic mass is 10.0. The molecule has 1 aliphatic rings. The van der Waals surface area contributed by atoms with Gasteiger partial charge in [-0.1, -0.05) is 13.3 Å². The molecule has 1 atom stereocenters. The molecular formula is C12H13FO2. The maximum atomic E-state index is 13.2. The number of carbonyl (C=O) groups is 1. The number of aryl methyl sites for hydroxylation is 1. The van der Waals surface area contributed by atoms with Crippen molar-refractivity contribution < 1.29 is 13.9 Å². The molecule has 1 aromatic rings. The molecule has 0 amide bonds. The summed E-state index contributed by atoms with van der Waals surface area (Å²) in [7, 11) is 0. The Balaban J connectivity index is 2.37. The first-order valence-corrected chi connectivity index (χ1v) is 5.14. The van der Waals surface area contributed by atoms with Crippen molar-refractivity contribution in [2.24, 2.45) is 0 Å². The van der Waals surface area contributed by atoms with Crippen LogP contribution in [0.15, 0.2) is 12.1 Å². The topological polar surface area (TPSA) is 26.3 Å². The van der Waals surface area contributed by atoms with Gasteiger partial charge in [0.25, 0.3) is 0 Å². The zero-order valence-electron chi connectivity index (χ0n) is 8.84. The van der Waals surface area contributed by atoms with Crippen LogP contribution in [-0.4, -0.2) is 11.9 Å². The molecule has 1 unspecified atom stereocenters. The molecule has 0 bridgehead atoms. The molecule has 0 saturated carbocycles. The molecule has 0 radical (unpaired) electrons. The van der Waals surface area contributed by atoms with Crippen molar-refractivity contribution in [2.75, 3.05) is 0 Å². The van der Waals surface area contributed by atoms with Crippen LogP contribution >= 0.6 is 0 Å². The summed E-state index contributed by atoms with van der Waals surface area (Å²) >= 11 is 0. The van der Waals surface area contributed by atoms with Crippen molar-refractivity contribution in [3.63, 3.8) is 0 Å². The molecular weight excluding hydrogens is 195 g/mol. The van der Waals surface area contributed by atoms with Crippen LogP contribution < -0.4 is 4.74 Å². The molecule has 0 aliphatic carbocycles. The van der Waals surface area contributed by atoms with E-state index in [1.807, 2.05) is 6.92 Å². The van der Waals surface area contributed by atoms with Crippen LogP contribution in [0.1, 0.15) is 35.7 Å². The zero-order valence-corrected chi connectivity index (χ0v) is 8.84. The smallest absolute Gasteiger partial charge is 0.207 e. The Morgan fingerprint density at radius 1 is 1.47 bits per heavy atom. The molecule has 0 aromatic heterocycles. The maximum Gasteiger partial charge on any atom is 0.207 e. The minimum Gasteiger partial charge on any atom is -0.481 e. The van der Waals surface area contributed by atoms with Gasteiger partial charge in [0.1, 0.15) is 11.6 Å². The van der Waals surface area contributed by atoms with Gasteiger partial charge in [0, 0.05) is 6.07 Å². The van der Waals surface area contributed by atoms with Gasteiger partial charge in [0.2, 0.25) is 5.78 Å². The Hall–Kier alpha value is -1.38. The molecule has 3 heteroatoms. The van der Waals surface area contributed by atoms with Gasteiger partial charge in [-0.3, -0.25) is 4.79 Å². The maximum absolute atomic E-state index is 13.2. The van der Waals surface area contributed by atoms with Crippen molar-refractivity contribution in [1.82, 2.24) is 0 Å². The van der Waals surface area contributed by atoms with Gasteiger partial charge < -0.3 is 4.74 Å². The highest BCUT2D eigenvalue weighted by atomic mass is 19.1. The molecule has 1 aromatic carbocycles. The van der Waals surface area contributed by atoms with E-state index in [1.54, 1.807) is 13.0 Å². The summed E-state index contributed by atoms with van der Waals surface area (Å²) < 4.78 is 18.6. The van der Waals surface area contributed by atoms with Crippen LogP contribution in [0.5, 0.6) is 5.75 Å². The Morgan fingerprint density at radius 2 is 2.20 bits per heavy atom. The van der Waals surface area contributed by atoms with Gasteiger partial charge in [-0.25, -0.2) is 4.39 Å². The summed E-state index contributed by atoms with van der Waals surface area (Å²) in [5.41, 5.74) is 1.01. The fourth-order valence-corrected chi connectivity index (χ4v) is 1.79. The third-order valence-corrected chi connectivity index (χ3v) is 2.64. The van der Waals surface area contributed by atoms with Gasteiger partial charge in [-0.2, -0.15) is 0 Å². The highest BCUT2D eigenvalue weighted by molar-refractivity contribution is 6.04. The third-order valence-electron chi connectivity index (χ3n) is 2.64. The molecule has 2 rings (SSSR count). The number of benzene rings is 1. The number of ether oxygens (including phenoxy) is 1. The van der Waals surface area contributed by atoms with Crippen molar-refractivity contribution in [3.05, 3.63) is 29.1 Å². The van der Waals surface area contributed by atoms with E-state index in [1.165, 1.54) is 6.07 Å². The van der Waals surface area contributed by atoms with Crippen LogP contribution in [0.3, 0.4) is 0 Å². The van der Waals surface area contributed by atoms with E-state index in [9.17, 15) is 9.18 Å². The van der Waals surface area contributed by atoms with E-state index in [2.05, 4.69) is 0 Å². The normalized spacial score (nSPS) is 18.9. The number of Topliss-reactive ketones (excluding diaryl/α,β-unsaturated/α-hetero) is 1. The number of fused-ring (bicyclic) bond motifs is 1. The van der Waals surface area contributed by atoms with Gasteiger partial charge in [-0.15, -0.1) is 0 Å². The van der Waals surface area contributed by atoms with Crippen molar-refractivity contribution in [3.8, 4) is 5.75 Å². The number of hydrogen-bond donors (Lipinski definition) is 0. The largest absolute Gasteiger partial charge is 0.481 e. The molecule has 2 nitrogen and oxygen atoms in total. The van der Waals surface area contributed by atoms with E-state index in [0.29, 0.717) is 23.3 Å². The van der Waals surface area contributed by atoms with Gasteiger partial charge in [-0.05, 0) is 25.0 Å². The molecule has 1 aliphatic heterocycles. The monoisotopic (exact) mass is 208 g/mol. The number of halogens is 1. The number of rotatable bonds is 2. The summed E-state index contributed by atoms with van der Waals surface area (Å²) in [4.78, 5) is 11.8. The summed E-state index contributed by atoms with van der Waals surface area (Å²) in [5, 5.41) is 0. The molecule has 0 fully saturated rings. The second kappa shape index (κ2) is 3.65. The van der Waals surface area contributed by atoms with Crippen molar-refractivity contribution in [2.45, 2.75) is 32.8 Å². The minimum absolute atomic E-state index is 0.0186. The van der Waals surface area contributed by atoms with E-state index in [-0.39, 0.29) is 11.6 Å². The number of carbonyl (C=O) groups excluding carboxylic acids is 1. The van der Waals surface area contributed by atoms with E-state index < -0.39 is 6.10 Å². The first-order valence-electron chi connectivity index (χ1n) is 5.14. The van der Waals surface area contributed by atoms with Crippen molar-refractivity contribution >= 4 is 5.78 Å². The average molecular weight is 208 g/mol. The first kappa shape index (κ1) is 10.1. The SMILES string of the molecule is CCCC1Oc2cc(F)c(C)cc2C1=O. The van der Waals surface area contributed by atoms with Gasteiger partial charge >= 0.3 is 0 Å². The lowest BCUT2D eigenvalue weighted by molar-refractivity contribution is 0.0845. The van der Waals surface area contributed by atoms with Gasteiger partial charge in [0.15, 0.2) is 6.10 Å².